The minimum absolute atomic E-state index is 0.957. The Kier molecular flexibility index (Phi) is 23.0. The fourth-order valence-electron chi connectivity index (χ4n) is 3.99. The molecular formula is C24H52. The number of hydrogen-bond donors (Lipinski definition) is 0. The summed E-state index contributed by atoms with van der Waals surface area (Å²) < 4.78 is 0. The van der Waals surface area contributed by atoms with E-state index in [0.717, 1.165) is 17.8 Å². The van der Waals surface area contributed by atoms with Gasteiger partial charge in [-0.3, -0.25) is 0 Å². The molecule has 0 aromatic rings. The van der Waals surface area contributed by atoms with Crippen molar-refractivity contribution in [3.63, 3.8) is 0 Å². The minimum Gasteiger partial charge on any atom is -0.0683 e. The van der Waals surface area contributed by atoms with Crippen molar-refractivity contribution in [2.45, 2.75) is 138 Å². The Morgan fingerprint density at radius 3 is 1.62 bits per heavy atom. The maximum atomic E-state index is 2.53. The molecule has 1 aliphatic carbocycles. The molecule has 24 heavy (non-hydrogen) atoms. The number of hydrogen-bond acceptors (Lipinski definition) is 0. The first kappa shape index (κ1) is 26.2. The first-order valence-electron chi connectivity index (χ1n) is 11.8. The lowest BCUT2D eigenvalue weighted by atomic mass is 9.74. The molecule has 0 aliphatic heterocycles. The molecule has 0 radical (unpaired) electrons. The maximum Gasteiger partial charge on any atom is -0.0386 e. The van der Waals surface area contributed by atoms with Gasteiger partial charge in [0.2, 0.25) is 0 Å². The third-order valence-corrected chi connectivity index (χ3v) is 5.80. The van der Waals surface area contributed by atoms with Crippen molar-refractivity contribution in [1.29, 1.82) is 0 Å². The van der Waals surface area contributed by atoms with Crippen LogP contribution < -0.4 is 0 Å². The summed E-state index contributed by atoms with van der Waals surface area (Å²) in [5.74, 6) is 2.98. The summed E-state index contributed by atoms with van der Waals surface area (Å²) in [7, 11) is 0. The molecule has 2 unspecified atom stereocenters. The summed E-state index contributed by atoms with van der Waals surface area (Å²) in [6.45, 7) is 15.3. The molecule has 0 saturated heterocycles. The third-order valence-electron chi connectivity index (χ3n) is 5.80. The van der Waals surface area contributed by atoms with E-state index in [1.54, 1.807) is 0 Å². The lowest BCUT2D eigenvalue weighted by Gasteiger charge is -2.31. The van der Waals surface area contributed by atoms with Gasteiger partial charge in [-0.05, 0) is 17.8 Å². The fourth-order valence-corrected chi connectivity index (χ4v) is 3.99. The second-order valence-electron chi connectivity index (χ2n) is 7.50. The Morgan fingerprint density at radius 2 is 1.12 bits per heavy atom. The minimum atomic E-state index is 0.957. The molecule has 0 amide bonds. The van der Waals surface area contributed by atoms with Crippen molar-refractivity contribution in [2.75, 3.05) is 0 Å². The molecule has 148 valence electrons. The summed E-state index contributed by atoms with van der Waals surface area (Å²) >= 11 is 0. The van der Waals surface area contributed by atoms with Crippen LogP contribution in [0.1, 0.15) is 138 Å². The number of unbranched alkanes of at least 4 members (excludes halogenated alkanes) is 7. The van der Waals surface area contributed by atoms with Crippen molar-refractivity contribution < 1.29 is 0 Å². The van der Waals surface area contributed by atoms with Gasteiger partial charge in [-0.2, -0.15) is 0 Å². The second kappa shape index (κ2) is 21.0. The summed E-state index contributed by atoms with van der Waals surface area (Å²) in [5.41, 5.74) is 0. The van der Waals surface area contributed by atoms with Crippen LogP contribution >= 0.6 is 0 Å². The molecule has 2 atom stereocenters. The molecular weight excluding hydrogens is 288 g/mol. The van der Waals surface area contributed by atoms with Gasteiger partial charge in [-0.25, -0.2) is 0 Å². The predicted octanol–water partition coefficient (Wildman–Crippen LogP) is 9.42. The standard InChI is InChI=1S/C20H40.2C2H6/c1-4-5-6-7-8-9-10-12-15-18(2)19(3)20-16-13-11-14-17-20;2*1-2/h18-20H,4-17H2,1-3H3;2*1-2H3. The van der Waals surface area contributed by atoms with E-state index in [-0.39, 0.29) is 0 Å². The van der Waals surface area contributed by atoms with Gasteiger partial charge in [0.15, 0.2) is 0 Å². The maximum absolute atomic E-state index is 2.53. The monoisotopic (exact) mass is 340 g/mol. The predicted molar refractivity (Wildman–Crippen MR) is 115 cm³/mol. The van der Waals surface area contributed by atoms with Gasteiger partial charge in [-0.15, -0.1) is 0 Å². The Hall–Kier alpha value is 0. The highest BCUT2D eigenvalue weighted by Crippen LogP contribution is 2.35. The highest BCUT2D eigenvalue weighted by molar-refractivity contribution is 4.74. The SMILES string of the molecule is CC.CC.CCCCCCCCCCC(C)C(C)C1CCCCC1. The van der Waals surface area contributed by atoms with Gasteiger partial charge in [0.25, 0.3) is 0 Å². The molecule has 0 nitrogen and oxygen atoms in total. The summed E-state index contributed by atoms with van der Waals surface area (Å²) in [5, 5.41) is 0. The molecule has 0 aromatic heterocycles. The first-order valence-corrected chi connectivity index (χ1v) is 11.8. The van der Waals surface area contributed by atoms with Crippen LogP contribution in [-0.4, -0.2) is 0 Å². The molecule has 0 spiro atoms. The van der Waals surface area contributed by atoms with E-state index in [4.69, 9.17) is 0 Å². The van der Waals surface area contributed by atoms with E-state index in [1.165, 1.54) is 89.9 Å². The van der Waals surface area contributed by atoms with Gasteiger partial charge >= 0.3 is 0 Å². The molecule has 1 aliphatic rings. The second-order valence-corrected chi connectivity index (χ2v) is 7.50. The Balaban J connectivity index is 0. The lowest BCUT2D eigenvalue weighted by molar-refractivity contribution is 0.194. The van der Waals surface area contributed by atoms with Crippen molar-refractivity contribution in [3.8, 4) is 0 Å². The zero-order valence-electron chi connectivity index (χ0n) is 18.6. The molecule has 0 bridgehead atoms. The van der Waals surface area contributed by atoms with E-state index < -0.39 is 0 Å². The first-order chi connectivity index (χ1) is 11.8. The van der Waals surface area contributed by atoms with Crippen molar-refractivity contribution >= 4 is 0 Å². The van der Waals surface area contributed by atoms with Crippen LogP contribution in [0.3, 0.4) is 0 Å². The average molecular weight is 341 g/mol. The average Bonchev–Trinajstić information content (AvgIpc) is 2.67. The highest BCUT2D eigenvalue weighted by Gasteiger charge is 2.23. The van der Waals surface area contributed by atoms with Gasteiger partial charge in [0.1, 0.15) is 0 Å². The number of rotatable bonds is 11. The molecule has 1 rings (SSSR count). The zero-order valence-corrected chi connectivity index (χ0v) is 18.6. The third kappa shape index (κ3) is 14.4. The van der Waals surface area contributed by atoms with Crippen molar-refractivity contribution in [3.05, 3.63) is 0 Å². The fraction of sp³-hybridized carbons (Fsp3) is 1.00. The molecule has 0 N–H and O–H groups in total. The normalized spacial score (nSPS) is 17.1. The van der Waals surface area contributed by atoms with Crippen molar-refractivity contribution in [1.82, 2.24) is 0 Å². The van der Waals surface area contributed by atoms with E-state index in [9.17, 15) is 0 Å². The Morgan fingerprint density at radius 1 is 0.667 bits per heavy atom. The topological polar surface area (TPSA) is 0 Å². The zero-order chi connectivity index (χ0) is 18.6. The quantitative estimate of drug-likeness (QED) is 0.328. The molecule has 1 fully saturated rings. The molecule has 1 saturated carbocycles. The molecule has 0 heterocycles. The molecule has 0 heteroatoms. The molecule has 0 aromatic carbocycles. The van der Waals surface area contributed by atoms with Crippen LogP contribution in [0.15, 0.2) is 0 Å². The van der Waals surface area contributed by atoms with Crippen molar-refractivity contribution in [2.24, 2.45) is 17.8 Å². The van der Waals surface area contributed by atoms with Gasteiger partial charge in [0, 0.05) is 0 Å². The van der Waals surface area contributed by atoms with Crippen LogP contribution in [0.4, 0.5) is 0 Å². The van der Waals surface area contributed by atoms with E-state index in [0.29, 0.717) is 0 Å². The van der Waals surface area contributed by atoms with Crippen LogP contribution in [0.5, 0.6) is 0 Å². The van der Waals surface area contributed by atoms with Crippen LogP contribution in [0, 0.1) is 17.8 Å². The van der Waals surface area contributed by atoms with E-state index >= 15 is 0 Å². The van der Waals surface area contributed by atoms with Gasteiger partial charge in [-0.1, -0.05) is 138 Å². The van der Waals surface area contributed by atoms with Crippen LogP contribution in [-0.2, 0) is 0 Å². The lowest BCUT2D eigenvalue weighted by Crippen LogP contribution is -2.21. The van der Waals surface area contributed by atoms with E-state index in [1.807, 2.05) is 27.7 Å². The van der Waals surface area contributed by atoms with Crippen LogP contribution in [0.25, 0.3) is 0 Å². The largest absolute Gasteiger partial charge is 0.0683 e. The Labute approximate surface area is 156 Å². The summed E-state index contributed by atoms with van der Waals surface area (Å²) in [6, 6.07) is 0. The highest BCUT2D eigenvalue weighted by atomic mass is 14.3. The van der Waals surface area contributed by atoms with Crippen LogP contribution in [0.2, 0.25) is 0 Å². The van der Waals surface area contributed by atoms with Gasteiger partial charge in [0.05, 0.1) is 0 Å². The van der Waals surface area contributed by atoms with Gasteiger partial charge < -0.3 is 0 Å². The summed E-state index contributed by atoms with van der Waals surface area (Å²) in [6.07, 6.45) is 20.7. The summed E-state index contributed by atoms with van der Waals surface area (Å²) in [4.78, 5) is 0. The Bertz CT molecular complexity index is 202. The smallest absolute Gasteiger partial charge is 0.0386 e. The van der Waals surface area contributed by atoms with E-state index in [2.05, 4.69) is 20.8 Å².